The molecule has 178 valence electrons. The summed E-state index contributed by atoms with van der Waals surface area (Å²) in [5.41, 5.74) is 2.61. The van der Waals surface area contributed by atoms with Crippen LogP contribution in [0.5, 0.6) is 0 Å². The highest BCUT2D eigenvalue weighted by molar-refractivity contribution is 6.31. The van der Waals surface area contributed by atoms with Gasteiger partial charge in [0.2, 0.25) is 11.8 Å². The van der Waals surface area contributed by atoms with E-state index in [0.29, 0.717) is 16.5 Å². The van der Waals surface area contributed by atoms with Crippen molar-refractivity contribution in [3.05, 3.63) is 106 Å². The zero-order chi connectivity index (χ0) is 24.5. The normalized spacial score (nSPS) is 12.6. The first-order valence-corrected chi connectivity index (χ1v) is 12.2. The Morgan fingerprint density at radius 3 is 2.18 bits per heavy atom. The number of halogens is 2. The molecule has 2 atom stereocenters. The fraction of sp³-hybridized carbons (Fsp3) is 0.286. The second-order valence-corrected chi connectivity index (χ2v) is 9.28. The molecule has 0 aromatic heterocycles. The summed E-state index contributed by atoms with van der Waals surface area (Å²) < 4.78 is 0. The minimum absolute atomic E-state index is 0.00169. The SMILES string of the molecule is CCC(C)NC(=O)C(Cc1ccccc1)N(Cc1ccc(Cl)cc1)C(=O)Cc1ccccc1Cl. The number of nitrogens with one attached hydrogen (secondary N) is 1. The third-order valence-electron chi connectivity index (χ3n) is 5.84. The van der Waals surface area contributed by atoms with Crippen molar-refractivity contribution in [2.75, 3.05) is 0 Å². The van der Waals surface area contributed by atoms with Crippen molar-refractivity contribution in [1.82, 2.24) is 10.2 Å². The van der Waals surface area contributed by atoms with Gasteiger partial charge in [0.15, 0.2) is 0 Å². The molecule has 2 amide bonds. The highest BCUT2D eigenvalue weighted by Gasteiger charge is 2.31. The first-order valence-electron chi connectivity index (χ1n) is 11.5. The second kappa shape index (κ2) is 12.6. The quantitative estimate of drug-likeness (QED) is 0.369. The Labute approximate surface area is 211 Å². The lowest BCUT2D eigenvalue weighted by molar-refractivity contribution is -0.141. The van der Waals surface area contributed by atoms with Crippen molar-refractivity contribution in [2.24, 2.45) is 0 Å². The van der Waals surface area contributed by atoms with E-state index in [0.717, 1.165) is 23.1 Å². The third-order valence-corrected chi connectivity index (χ3v) is 6.46. The first kappa shape index (κ1) is 25.8. The number of hydrogen-bond donors (Lipinski definition) is 1. The summed E-state index contributed by atoms with van der Waals surface area (Å²) in [5, 5.41) is 4.23. The number of amides is 2. The summed E-state index contributed by atoms with van der Waals surface area (Å²) in [4.78, 5) is 28.8. The summed E-state index contributed by atoms with van der Waals surface area (Å²) in [6.45, 7) is 4.27. The third kappa shape index (κ3) is 7.34. The molecule has 0 saturated carbocycles. The maximum atomic E-state index is 13.7. The molecule has 3 aromatic rings. The molecule has 6 heteroatoms. The van der Waals surface area contributed by atoms with Crippen molar-refractivity contribution in [2.45, 2.75) is 51.7 Å². The number of carbonyl (C=O) groups excluding carboxylic acids is 2. The maximum absolute atomic E-state index is 13.7. The van der Waals surface area contributed by atoms with E-state index in [1.165, 1.54) is 0 Å². The monoisotopic (exact) mass is 496 g/mol. The van der Waals surface area contributed by atoms with E-state index < -0.39 is 6.04 Å². The Kier molecular flexibility index (Phi) is 9.55. The van der Waals surface area contributed by atoms with Gasteiger partial charge in [0.1, 0.15) is 6.04 Å². The first-order chi connectivity index (χ1) is 16.4. The van der Waals surface area contributed by atoms with E-state index in [4.69, 9.17) is 23.2 Å². The van der Waals surface area contributed by atoms with Gasteiger partial charge in [0.05, 0.1) is 6.42 Å². The minimum atomic E-state index is -0.679. The van der Waals surface area contributed by atoms with Crippen LogP contribution in [0.25, 0.3) is 0 Å². The molecule has 1 N–H and O–H groups in total. The smallest absolute Gasteiger partial charge is 0.243 e. The van der Waals surface area contributed by atoms with Gasteiger partial charge in [-0.1, -0.05) is 90.8 Å². The van der Waals surface area contributed by atoms with E-state index in [1.54, 1.807) is 23.1 Å². The molecule has 0 fully saturated rings. The van der Waals surface area contributed by atoms with Crippen molar-refractivity contribution < 1.29 is 9.59 Å². The Bertz CT molecular complexity index is 1090. The highest BCUT2D eigenvalue weighted by atomic mass is 35.5. The topological polar surface area (TPSA) is 49.4 Å². The van der Waals surface area contributed by atoms with Gasteiger partial charge in [-0.05, 0) is 48.2 Å². The Morgan fingerprint density at radius 2 is 1.53 bits per heavy atom. The van der Waals surface area contributed by atoms with Gasteiger partial charge < -0.3 is 10.2 Å². The van der Waals surface area contributed by atoms with Gasteiger partial charge in [0.25, 0.3) is 0 Å². The van der Waals surface area contributed by atoms with E-state index >= 15 is 0 Å². The summed E-state index contributed by atoms with van der Waals surface area (Å²) in [6.07, 6.45) is 1.31. The van der Waals surface area contributed by atoms with Crippen LogP contribution in [0.1, 0.15) is 37.0 Å². The van der Waals surface area contributed by atoms with Crippen LogP contribution in [0, 0.1) is 0 Å². The molecule has 0 aliphatic rings. The average molecular weight is 497 g/mol. The Hall–Kier alpha value is -2.82. The summed E-state index contributed by atoms with van der Waals surface area (Å²) in [7, 11) is 0. The zero-order valence-corrected chi connectivity index (χ0v) is 21.0. The van der Waals surface area contributed by atoms with Crippen molar-refractivity contribution in [1.29, 1.82) is 0 Å². The number of hydrogen-bond acceptors (Lipinski definition) is 2. The minimum Gasteiger partial charge on any atom is -0.352 e. The number of carbonyl (C=O) groups is 2. The van der Waals surface area contributed by atoms with Crippen LogP contribution in [-0.2, 0) is 29.0 Å². The van der Waals surface area contributed by atoms with Gasteiger partial charge in [-0.15, -0.1) is 0 Å². The fourth-order valence-corrected chi connectivity index (χ4v) is 4.02. The standard InChI is InChI=1S/C28H30Cl2N2O2/c1-3-20(2)31-28(34)26(17-21-9-5-4-6-10-21)32(19-22-13-15-24(29)16-14-22)27(33)18-23-11-7-8-12-25(23)30/h4-16,20,26H,3,17-19H2,1-2H3,(H,31,34). The molecule has 0 aliphatic heterocycles. The lowest BCUT2D eigenvalue weighted by Crippen LogP contribution is -2.52. The van der Waals surface area contributed by atoms with Crippen LogP contribution >= 0.6 is 23.2 Å². The lowest BCUT2D eigenvalue weighted by Gasteiger charge is -2.32. The Balaban J connectivity index is 1.97. The van der Waals surface area contributed by atoms with Crippen LogP contribution in [0.4, 0.5) is 0 Å². The molecule has 2 unspecified atom stereocenters. The molecule has 3 rings (SSSR count). The highest BCUT2D eigenvalue weighted by Crippen LogP contribution is 2.21. The van der Waals surface area contributed by atoms with E-state index in [-0.39, 0.29) is 30.8 Å². The van der Waals surface area contributed by atoms with Crippen molar-refractivity contribution in [3.63, 3.8) is 0 Å². The summed E-state index contributed by atoms with van der Waals surface area (Å²) in [5.74, 6) is -0.331. The number of rotatable bonds is 10. The van der Waals surface area contributed by atoms with Crippen LogP contribution in [-0.4, -0.2) is 28.8 Å². The van der Waals surface area contributed by atoms with Gasteiger partial charge in [-0.25, -0.2) is 0 Å². The molecule has 0 aliphatic carbocycles. The largest absolute Gasteiger partial charge is 0.352 e. The average Bonchev–Trinajstić information content (AvgIpc) is 2.84. The predicted molar refractivity (Wildman–Crippen MR) is 139 cm³/mol. The maximum Gasteiger partial charge on any atom is 0.243 e. The summed E-state index contributed by atoms with van der Waals surface area (Å²) >= 11 is 12.4. The van der Waals surface area contributed by atoms with Gasteiger partial charge in [-0.2, -0.15) is 0 Å². The van der Waals surface area contributed by atoms with E-state index in [9.17, 15) is 9.59 Å². The van der Waals surface area contributed by atoms with Crippen LogP contribution in [0.2, 0.25) is 10.0 Å². The van der Waals surface area contributed by atoms with E-state index in [1.807, 2.05) is 74.5 Å². The number of benzene rings is 3. The van der Waals surface area contributed by atoms with Crippen molar-refractivity contribution in [3.8, 4) is 0 Å². The predicted octanol–water partition coefficient (Wildman–Crippen LogP) is 6.09. The molecule has 4 nitrogen and oxygen atoms in total. The van der Waals surface area contributed by atoms with Crippen LogP contribution in [0.3, 0.4) is 0 Å². The molecule has 3 aromatic carbocycles. The Morgan fingerprint density at radius 1 is 0.882 bits per heavy atom. The molecule has 0 spiro atoms. The van der Waals surface area contributed by atoms with E-state index in [2.05, 4.69) is 5.32 Å². The molecule has 0 bridgehead atoms. The second-order valence-electron chi connectivity index (χ2n) is 8.44. The molecule has 0 heterocycles. The lowest BCUT2D eigenvalue weighted by atomic mass is 10.0. The molecule has 0 saturated heterocycles. The summed E-state index contributed by atoms with van der Waals surface area (Å²) in [6, 6.07) is 23.7. The van der Waals surface area contributed by atoms with Gasteiger partial charge in [-0.3, -0.25) is 9.59 Å². The zero-order valence-electron chi connectivity index (χ0n) is 19.5. The molecule has 34 heavy (non-hydrogen) atoms. The van der Waals surface area contributed by atoms with Gasteiger partial charge in [0, 0.05) is 29.1 Å². The fourth-order valence-electron chi connectivity index (χ4n) is 3.69. The number of nitrogens with zero attached hydrogens (tertiary/aromatic N) is 1. The van der Waals surface area contributed by atoms with Crippen LogP contribution < -0.4 is 5.32 Å². The molecule has 0 radical (unpaired) electrons. The van der Waals surface area contributed by atoms with Crippen LogP contribution in [0.15, 0.2) is 78.9 Å². The molecular weight excluding hydrogens is 467 g/mol. The van der Waals surface area contributed by atoms with Gasteiger partial charge >= 0.3 is 0 Å². The van der Waals surface area contributed by atoms with Crippen molar-refractivity contribution >= 4 is 35.0 Å². The molecular formula is C28H30Cl2N2O2.